The molecule has 2 aromatic rings. The van der Waals surface area contributed by atoms with Crippen molar-refractivity contribution >= 4 is 29.2 Å². The van der Waals surface area contributed by atoms with Gasteiger partial charge >= 0.3 is 5.97 Å². The van der Waals surface area contributed by atoms with Gasteiger partial charge in [0.1, 0.15) is 0 Å². The second-order valence-corrected chi connectivity index (χ2v) is 5.70. The van der Waals surface area contributed by atoms with Crippen LogP contribution >= 0.6 is 0 Å². The first kappa shape index (κ1) is 18.8. The molecule has 0 bridgehead atoms. The van der Waals surface area contributed by atoms with Crippen molar-refractivity contribution in [1.82, 2.24) is 0 Å². The van der Waals surface area contributed by atoms with Crippen molar-refractivity contribution < 1.29 is 24.0 Å². The molecule has 0 spiro atoms. The standard InChI is InChI=1S/C20H16N2O6/c1-2-27-20(24)17-18(23)16(12-13-8-10-15(11-9-13)22(25)26)28-19(17)21-14-6-4-3-5-7-14/h3-12,21H,2H2,1H3/b16-12-. The molecule has 0 aliphatic carbocycles. The minimum absolute atomic E-state index is 0.0252. The average Bonchev–Trinajstić information content (AvgIpc) is 2.98. The molecule has 0 unspecified atom stereocenters. The van der Waals surface area contributed by atoms with E-state index >= 15 is 0 Å². The molecule has 8 heteroatoms. The number of ether oxygens (including phenoxy) is 2. The Morgan fingerprint density at radius 2 is 1.86 bits per heavy atom. The van der Waals surface area contributed by atoms with E-state index in [1.54, 1.807) is 31.2 Å². The van der Waals surface area contributed by atoms with Crippen molar-refractivity contribution in [2.24, 2.45) is 0 Å². The Balaban J connectivity index is 1.91. The van der Waals surface area contributed by atoms with Gasteiger partial charge in [0.15, 0.2) is 11.3 Å². The number of nitrogens with one attached hydrogen (secondary N) is 1. The number of nitro benzene ring substituents is 1. The number of hydrogen-bond acceptors (Lipinski definition) is 7. The fraction of sp³-hybridized carbons (Fsp3) is 0.100. The predicted octanol–water partition coefficient (Wildman–Crippen LogP) is 3.42. The number of ketones is 1. The summed E-state index contributed by atoms with van der Waals surface area (Å²) in [4.78, 5) is 35.2. The first-order chi connectivity index (χ1) is 13.5. The van der Waals surface area contributed by atoms with Gasteiger partial charge in [-0.05, 0) is 42.8 Å². The van der Waals surface area contributed by atoms with E-state index in [0.29, 0.717) is 11.3 Å². The molecule has 28 heavy (non-hydrogen) atoms. The highest BCUT2D eigenvalue weighted by molar-refractivity contribution is 6.26. The van der Waals surface area contributed by atoms with E-state index in [1.165, 1.54) is 30.3 Å². The van der Waals surface area contributed by atoms with Gasteiger partial charge < -0.3 is 14.8 Å². The highest BCUT2D eigenvalue weighted by Crippen LogP contribution is 2.29. The van der Waals surface area contributed by atoms with Crippen molar-refractivity contribution in [1.29, 1.82) is 0 Å². The molecular weight excluding hydrogens is 364 g/mol. The number of carbonyl (C=O) groups is 2. The van der Waals surface area contributed by atoms with Crippen molar-refractivity contribution in [2.75, 3.05) is 11.9 Å². The van der Waals surface area contributed by atoms with Crippen LogP contribution in [0, 0.1) is 10.1 Å². The summed E-state index contributed by atoms with van der Waals surface area (Å²) in [5, 5.41) is 13.7. The second-order valence-electron chi connectivity index (χ2n) is 5.70. The summed E-state index contributed by atoms with van der Waals surface area (Å²) in [5.41, 5.74) is 0.832. The maximum absolute atomic E-state index is 12.7. The van der Waals surface area contributed by atoms with Gasteiger partial charge in [-0.3, -0.25) is 14.9 Å². The highest BCUT2D eigenvalue weighted by Gasteiger charge is 2.37. The molecule has 2 aromatic carbocycles. The second kappa shape index (κ2) is 8.17. The number of nitro groups is 1. The summed E-state index contributed by atoms with van der Waals surface area (Å²) in [6.45, 7) is 1.74. The van der Waals surface area contributed by atoms with E-state index in [1.807, 2.05) is 6.07 Å². The normalized spacial score (nSPS) is 14.8. The number of Topliss-reactive ketones (excluding diaryl/α,β-unsaturated/α-hetero) is 1. The first-order valence-electron chi connectivity index (χ1n) is 8.41. The summed E-state index contributed by atoms with van der Waals surface area (Å²) in [6.07, 6.45) is 1.41. The largest absolute Gasteiger partial charge is 0.462 e. The molecule has 1 N–H and O–H groups in total. The Labute approximate surface area is 160 Å². The van der Waals surface area contributed by atoms with Crippen molar-refractivity contribution in [3.63, 3.8) is 0 Å². The van der Waals surface area contributed by atoms with Crippen LogP contribution in [0.2, 0.25) is 0 Å². The van der Waals surface area contributed by atoms with Crippen LogP contribution in [-0.2, 0) is 19.1 Å². The number of rotatable bonds is 6. The zero-order valence-electron chi connectivity index (χ0n) is 14.9. The van der Waals surface area contributed by atoms with Crippen molar-refractivity contribution in [3.8, 4) is 0 Å². The number of esters is 1. The van der Waals surface area contributed by atoms with E-state index in [0.717, 1.165) is 0 Å². The summed E-state index contributed by atoms with van der Waals surface area (Å²) >= 11 is 0. The lowest BCUT2D eigenvalue weighted by Gasteiger charge is -2.08. The molecule has 0 amide bonds. The summed E-state index contributed by atoms with van der Waals surface area (Å²) in [6, 6.07) is 14.5. The molecule has 0 atom stereocenters. The van der Waals surface area contributed by atoms with Gasteiger partial charge in [-0.1, -0.05) is 18.2 Å². The van der Waals surface area contributed by atoms with Gasteiger partial charge in [0, 0.05) is 17.8 Å². The van der Waals surface area contributed by atoms with Crippen LogP contribution in [0.25, 0.3) is 6.08 Å². The van der Waals surface area contributed by atoms with Gasteiger partial charge in [-0.15, -0.1) is 0 Å². The van der Waals surface area contributed by atoms with E-state index in [9.17, 15) is 19.7 Å². The fourth-order valence-corrected chi connectivity index (χ4v) is 2.50. The van der Waals surface area contributed by atoms with Gasteiger partial charge in [-0.25, -0.2) is 4.79 Å². The lowest BCUT2D eigenvalue weighted by atomic mass is 10.1. The Morgan fingerprint density at radius 1 is 1.18 bits per heavy atom. The fourth-order valence-electron chi connectivity index (χ4n) is 2.50. The molecule has 142 valence electrons. The molecule has 0 saturated carbocycles. The Morgan fingerprint density at radius 3 is 2.46 bits per heavy atom. The van der Waals surface area contributed by atoms with E-state index in [4.69, 9.17) is 9.47 Å². The molecule has 3 rings (SSSR count). The minimum atomic E-state index is -0.793. The van der Waals surface area contributed by atoms with Gasteiger partial charge in [0.2, 0.25) is 11.7 Å². The summed E-state index contributed by atoms with van der Waals surface area (Å²) < 4.78 is 10.5. The van der Waals surface area contributed by atoms with Crippen LogP contribution < -0.4 is 5.32 Å². The van der Waals surface area contributed by atoms with Crippen LogP contribution in [0.1, 0.15) is 12.5 Å². The number of allylic oxidation sites excluding steroid dienone is 1. The Bertz CT molecular complexity index is 978. The molecule has 0 fully saturated rings. The van der Waals surface area contributed by atoms with Crippen molar-refractivity contribution in [3.05, 3.63) is 87.5 Å². The minimum Gasteiger partial charge on any atom is -0.462 e. The number of para-hydroxylation sites is 1. The maximum atomic E-state index is 12.7. The molecule has 1 aliphatic rings. The third kappa shape index (κ3) is 4.07. The van der Waals surface area contributed by atoms with E-state index < -0.39 is 16.7 Å². The molecular formula is C20H16N2O6. The maximum Gasteiger partial charge on any atom is 0.347 e. The quantitative estimate of drug-likeness (QED) is 0.269. The SMILES string of the molecule is CCOC(=O)C1=C(Nc2ccccc2)O/C(=C\c2ccc([N+](=O)[O-])cc2)C1=O. The monoisotopic (exact) mass is 380 g/mol. The van der Waals surface area contributed by atoms with Gasteiger partial charge in [-0.2, -0.15) is 0 Å². The first-order valence-corrected chi connectivity index (χ1v) is 8.41. The van der Waals surface area contributed by atoms with Crippen LogP contribution in [0.4, 0.5) is 11.4 Å². The number of anilines is 1. The number of carbonyl (C=O) groups excluding carboxylic acids is 2. The van der Waals surface area contributed by atoms with E-state index in [-0.39, 0.29) is 29.5 Å². The Hall–Kier alpha value is -3.94. The molecule has 0 radical (unpaired) electrons. The van der Waals surface area contributed by atoms with Crippen LogP contribution in [0.3, 0.4) is 0 Å². The topological polar surface area (TPSA) is 108 Å². The molecule has 0 saturated heterocycles. The van der Waals surface area contributed by atoms with Crippen LogP contribution in [0.5, 0.6) is 0 Å². The number of hydrogen-bond donors (Lipinski definition) is 1. The van der Waals surface area contributed by atoms with Crippen LogP contribution in [0.15, 0.2) is 71.8 Å². The smallest absolute Gasteiger partial charge is 0.347 e. The van der Waals surface area contributed by atoms with Crippen LogP contribution in [-0.4, -0.2) is 23.3 Å². The predicted molar refractivity (Wildman–Crippen MR) is 101 cm³/mol. The zero-order chi connectivity index (χ0) is 20.1. The number of non-ortho nitro benzene ring substituents is 1. The third-order valence-corrected chi connectivity index (χ3v) is 3.80. The number of nitrogens with zero attached hydrogens (tertiary/aromatic N) is 1. The molecule has 0 aromatic heterocycles. The Kier molecular flexibility index (Phi) is 5.50. The summed E-state index contributed by atoms with van der Waals surface area (Å²) in [7, 11) is 0. The lowest BCUT2D eigenvalue weighted by Crippen LogP contribution is -2.16. The van der Waals surface area contributed by atoms with E-state index in [2.05, 4.69) is 5.32 Å². The highest BCUT2D eigenvalue weighted by atomic mass is 16.6. The van der Waals surface area contributed by atoms with Crippen molar-refractivity contribution in [2.45, 2.75) is 6.92 Å². The molecule has 1 aliphatic heterocycles. The van der Waals surface area contributed by atoms with Gasteiger partial charge in [0.25, 0.3) is 5.69 Å². The average molecular weight is 380 g/mol. The molecule has 8 nitrogen and oxygen atoms in total. The molecule has 1 heterocycles. The zero-order valence-corrected chi connectivity index (χ0v) is 14.9. The third-order valence-electron chi connectivity index (χ3n) is 3.80. The summed E-state index contributed by atoms with van der Waals surface area (Å²) in [5.74, 6) is -1.54. The number of benzene rings is 2. The lowest BCUT2D eigenvalue weighted by molar-refractivity contribution is -0.384. The van der Waals surface area contributed by atoms with Gasteiger partial charge in [0.05, 0.1) is 11.5 Å².